The smallest absolute Gasteiger partial charge is 0.324 e. The van der Waals surface area contributed by atoms with Crippen molar-refractivity contribution in [2.45, 2.75) is 13.8 Å². The molecule has 0 saturated carbocycles. The van der Waals surface area contributed by atoms with E-state index in [1.54, 1.807) is 51.3 Å². The average Bonchev–Trinajstić information content (AvgIpc) is 2.99. The monoisotopic (exact) mass is 366 g/mol. The Morgan fingerprint density at radius 3 is 2.67 bits per heavy atom. The van der Waals surface area contributed by atoms with Gasteiger partial charge < -0.3 is 10.1 Å². The number of nitrogens with one attached hydrogen (secondary N) is 2. The summed E-state index contributed by atoms with van der Waals surface area (Å²) in [5, 5.41) is 9.63. The maximum atomic E-state index is 12.3. The van der Waals surface area contributed by atoms with Crippen molar-refractivity contribution < 1.29 is 14.3 Å². The minimum Gasteiger partial charge on any atom is -0.497 e. The molecule has 1 aromatic heterocycles. The number of anilines is 2. The number of aromatic nitrogens is 2. The van der Waals surface area contributed by atoms with E-state index in [-0.39, 0.29) is 11.5 Å². The molecule has 9 heteroatoms. The lowest BCUT2D eigenvalue weighted by molar-refractivity contribution is -0.113. The van der Waals surface area contributed by atoms with E-state index in [9.17, 15) is 9.59 Å². The van der Waals surface area contributed by atoms with Crippen LogP contribution in [-0.4, -0.2) is 40.5 Å². The lowest BCUT2D eigenvalue weighted by Gasteiger charge is -2.13. The van der Waals surface area contributed by atoms with Crippen molar-refractivity contribution in [1.29, 1.82) is 0 Å². The number of methoxy groups -OCH3 is 1. The van der Waals surface area contributed by atoms with Gasteiger partial charge in [0.1, 0.15) is 11.6 Å². The van der Waals surface area contributed by atoms with Gasteiger partial charge >= 0.3 is 6.03 Å². The van der Waals surface area contributed by atoms with E-state index in [2.05, 4.69) is 32.3 Å². The maximum Gasteiger partial charge on any atom is 0.324 e. The molecule has 0 unspecified atom stereocenters. The number of hydrogen-bond acceptors (Lipinski definition) is 5. The van der Waals surface area contributed by atoms with Crippen LogP contribution in [0.2, 0.25) is 0 Å². The summed E-state index contributed by atoms with van der Waals surface area (Å²) in [7, 11) is 1.55. The van der Waals surface area contributed by atoms with Crippen LogP contribution in [-0.2, 0) is 4.79 Å². The number of carbonyl (C=O) groups excluding carboxylic acids is 2. The number of rotatable bonds is 3. The molecule has 1 aliphatic rings. The summed E-state index contributed by atoms with van der Waals surface area (Å²) < 4.78 is 6.43. The summed E-state index contributed by atoms with van der Waals surface area (Å²) in [5.41, 5.74) is 1.86. The molecule has 3 amide bonds. The van der Waals surface area contributed by atoms with E-state index in [4.69, 9.17) is 4.74 Å². The summed E-state index contributed by atoms with van der Waals surface area (Å²) in [6.45, 7) is 7.05. The molecule has 0 fully saturated rings. The van der Waals surface area contributed by atoms with Gasteiger partial charge in [0.2, 0.25) is 0 Å². The van der Waals surface area contributed by atoms with Crippen molar-refractivity contribution in [3.05, 3.63) is 48.2 Å². The number of benzene rings is 1. The quantitative estimate of drug-likeness (QED) is 0.814. The van der Waals surface area contributed by atoms with E-state index in [0.717, 1.165) is 0 Å². The molecule has 27 heavy (non-hydrogen) atoms. The van der Waals surface area contributed by atoms with Gasteiger partial charge in [-0.05, 0) is 26.0 Å². The molecule has 2 N–H and O–H groups in total. The first-order valence-electron chi connectivity index (χ1n) is 8.04. The fraction of sp³-hybridized carbons (Fsp3) is 0.167. The van der Waals surface area contributed by atoms with Crippen molar-refractivity contribution in [2.24, 2.45) is 9.98 Å². The van der Waals surface area contributed by atoms with Crippen LogP contribution < -0.4 is 15.4 Å². The third-order valence-electron chi connectivity index (χ3n) is 3.75. The maximum absolute atomic E-state index is 12.3. The summed E-state index contributed by atoms with van der Waals surface area (Å²) in [4.78, 5) is 32.4. The van der Waals surface area contributed by atoms with Crippen LogP contribution in [0, 0.1) is 6.92 Å². The fourth-order valence-electron chi connectivity index (χ4n) is 2.37. The molecule has 2 aromatic rings. The predicted molar refractivity (Wildman–Crippen MR) is 103 cm³/mol. The van der Waals surface area contributed by atoms with Crippen LogP contribution in [0.25, 0.3) is 0 Å². The largest absolute Gasteiger partial charge is 0.497 e. The number of carbonyl (C=O) groups is 2. The highest BCUT2D eigenvalue weighted by Gasteiger charge is 2.21. The summed E-state index contributed by atoms with van der Waals surface area (Å²) >= 11 is 0. The molecule has 2 heterocycles. The Kier molecular flexibility index (Phi) is 4.84. The SMILES string of the molecule is C=C1C(=O)N=C(n2nc(C)cc2NC(=O)Nc2cccc(OC)c2)N=C1C. The van der Waals surface area contributed by atoms with Crippen molar-refractivity contribution >= 4 is 35.1 Å². The third kappa shape index (κ3) is 3.92. The van der Waals surface area contributed by atoms with Gasteiger partial charge in [0.15, 0.2) is 0 Å². The minimum absolute atomic E-state index is 0.0645. The number of aryl methyl sites for hydroxylation is 1. The molecule has 0 aliphatic carbocycles. The molecule has 1 aliphatic heterocycles. The standard InChI is InChI=1S/C18H18N6O3/c1-10-8-15(21-18(26)20-13-6-5-7-14(9-13)27-4)24(23-10)17-19-12(3)11(2)16(25)22-17/h5-9H,2H2,1,3-4H3,(H2,20,21,26). The zero-order valence-electron chi connectivity index (χ0n) is 15.1. The first-order chi connectivity index (χ1) is 12.9. The van der Waals surface area contributed by atoms with E-state index in [1.165, 1.54) is 4.68 Å². The fourth-order valence-corrected chi connectivity index (χ4v) is 2.37. The Morgan fingerprint density at radius 1 is 1.19 bits per heavy atom. The Bertz CT molecular complexity index is 1000. The second kappa shape index (κ2) is 7.24. The van der Waals surface area contributed by atoms with Crippen LogP contribution >= 0.6 is 0 Å². The first-order valence-corrected chi connectivity index (χ1v) is 8.04. The highest BCUT2D eigenvalue weighted by Crippen LogP contribution is 2.18. The highest BCUT2D eigenvalue weighted by atomic mass is 16.5. The molecular weight excluding hydrogens is 348 g/mol. The lowest BCUT2D eigenvalue weighted by atomic mass is 10.2. The highest BCUT2D eigenvalue weighted by molar-refractivity contribution is 6.27. The van der Waals surface area contributed by atoms with Crippen molar-refractivity contribution in [1.82, 2.24) is 9.78 Å². The molecule has 0 bridgehead atoms. The van der Waals surface area contributed by atoms with Gasteiger partial charge in [-0.15, -0.1) is 0 Å². The summed E-state index contributed by atoms with van der Waals surface area (Å²) in [6, 6.07) is 8.10. The van der Waals surface area contributed by atoms with Crippen LogP contribution in [0.5, 0.6) is 5.75 Å². The number of urea groups is 1. The first kappa shape index (κ1) is 18.1. The van der Waals surface area contributed by atoms with Crippen molar-refractivity contribution in [3.8, 4) is 5.75 Å². The van der Waals surface area contributed by atoms with Crippen molar-refractivity contribution in [3.63, 3.8) is 0 Å². The topological polar surface area (TPSA) is 110 Å². The van der Waals surface area contributed by atoms with Gasteiger partial charge in [-0.2, -0.15) is 14.8 Å². The van der Waals surface area contributed by atoms with Gasteiger partial charge in [0.25, 0.3) is 11.9 Å². The predicted octanol–water partition coefficient (Wildman–Crippen LogP) is 2.61. The number of hydrogen-bond donors (Lipinski definition) is 2. The molecule has 3 rings (SSSR count). The summed E-state index contributed by atoms with van der Waals surface area (Å²) in [5.74, 6) is 0.518. The molecule has 0 radical (unpaired) electrons. The molecule has 0 saturated heterocycles. The van der Waals surface area contributed by atoms with E-state index < -0.39 is 11.9 Å². The Labute approximate surface area is 155 Å². The zero-order valence-corrected chi connectivity index (χ0v) is 15.1. The van der Waals surface area contributed by atoms with Crippen LogP contribution in [0.1, 0.15) is 12.6 Å². The Hall–Kier alpha value is -3.75. The van der Waals surface area contributed by atoms with E-state index in [1.807, 2.05) is 0 Å². The minimum atomic E-state index is -0.489. The van der Waals surface area contributed by atoms with Crippen LogP contribution in [0.3, 0.4) is 0 Å². The van der Waals surface area contributed by atoms with E-state index >= 15 is 0 Å². The summed E-state index contributed by atoms with van der Waals surface area (Å²) in [6.07, 6.45) is 0. The third-order valence-corrected chi connectivity index (χ3v) is 3.75. The van der Waals surface area contributed by atoms with Gasteiger partial charge in [0, 0.05) is 17.8 Å². The Morgan fingerprint density at radius 2 is 1.96 bits per heavy atom. The van der Waals surface area contributed by atoms with Gasteiger partial charge in [0.05, 0.1) is 24.1 Å². The zero-order chi connectivity index (χ0) is 19.6. The molecular formula is C18H18N6O3. The average molecular weight is 366 g/mol. The second-order valence-corrected chi connectivity index (χ2v) is 5.79. The van der Waals surface area contributed by atoms with Gasteiger partial charge in [-0.3, -0.25) is 10.1 Å². The Balaban J connectivity index is 1.82. The van der Waals surface area contributed by atoms with E-state index in [0.29, 0.717) is 28.7 Å². The lowest BCUT2D eigenvalue weighted by Crippen LogP contribution is -2.26. The normalized spacial score (nSPS) is 13.7. The van der Waals surface area contributed by atoms with Gasteiger partial charge in [-0.1, -0.05) is 12.6 Å². The van der Waals surface area contributed by atoms with Crippen LogP contribution in [0.4, 0.5) is 16.3 Å². The number of amides is 3. The molecule has 0 spiro atoms. The van der Waals surface area contributed by atoms with Gasteiger partial charge in [-0.25, -0.2) is 9.79 Å². The second-order valence-electron chi connectivity index (χ2n) is 5.79. The molecule has 138 valence electrons. The number of ether oxygens (including phenoxy) is 1. The molecule has 0 atom stereocenters. The number of aliphatic imine (C=N–C) groups is 2. The molecule has 1 aromatic carbocycles. The van der Waals surface area contributed by atoms with Crippen molar-refractivity contribution in [2.75, 3.05) is 17.7 Å². The number of nitrogens with zero attached hydrogens (tertiary/aromatic N) is 4. The van der Waals surface area contributed by atoms with Crippen LogP contribution in [0.15, 0.2) is 52.5 Å². The molecule has 9 nitrogen and oxygen atoms in total.